The smallest absolute Gasteiger partial charge is 0.368 e. The standard InChI is InChI=1S/C21H23F3N2O5S2/c1-32-17-2-15-18(3-16(17)31-10-13(22)19(27)28)33(29,30)25-14(12-7-21(23,24)8-12)9-26(15)20-4-11(5-20)6-20/h2-3,10-12,14,25H,4-9H2,1H3,(H,27,28)/b13-10-/t11?,14-,20?/m1/s1. The van der Waals surface area contributed by atoms with Gasteiger partial charge in [-0.2, -0.15) is 4.39 Å². The summed E-state index contributed by atoms with van der Waals surface area (Å²) in [4.78, 5) is 13.2. The number of aliphatic carboxylic acids is 1. The minimum absolute atomic E-state index is 0.00537. The zero-order valence-corrected chi connectivity index (χ0v) is 19.3. The van der Waals surface area contributed by atoms with Crippen molar-refractivity contribution >= 4 is 33.4 Å². The molecular formula is C21H23F3N2O5S2. The van der Waals surface area contributed by atoms with Gasteiger partial charge in [0.25, 0.3) is 0 Å². The second kappa shape index (κ2) is 7.54. The maximum atomic E-state index is 13.6. The number of sulfonamides is 1. The van der Waals surface area contributed by atoms with Gasteiger partial charge in [0.15, 0.2) is 0 Å². The lowest BCUT2D eigenvalue weighted by molar-refractivity contribution is -0.134. The zero-order chi connectivity index (χ0) is 23.8. The molecule has 0 saturated heterocycles. The van der Waals surface area contributed by atoms with Crippen LogP contribution in [0.25, 0.3) is 0 Å². The third kappa shape index (κ3) is 3.79. The summed E-state index contributed by atoms with van der Waals surface area (Å²) in [5.41, 5.74) is 0.285. The van der Waals surface area contributed by atoms with E-state index in [0.717, 1.165) is 19.3 Å². The highest BCUT2D eigenvalue weighted by molar-refractivity contribution is 7.98. The van der Waals surface area contributed by atoms with E-state index in [0.29, 0.717) is 29.3 Å². The van der Waals surface area contributed by atoms with E-state index < -0.39 is 39.7 Å². The molecule has 0 radical (unpaired) electrons. The van der Waals surface area contributed by atoms with Crippen molar-refractivity contribution in [1.82, 2.24) is 4.72 Å². The van der Waals surface area contributed by atoms with E-state index in [4.69, 9.17) is 9.84 Å². The number of alkyl halides is 2. The van der Waals surface area contributed by atoms with Crippen LogP contribution in [-0.2, 0) is 14.8 Å². The first-order valence-corrected chi connectivity index (χ1v) is 13.3. The van der Waals surface area contributed by atoms with E-state index in [1.165, 1.54) is 17.8 Å². The van der Waals surface area contributed by atoms with Crippen LogP contribution in [0.2, 0.25) is 0 Å². The Morgan fingerprint density at radius 3 is 2.45 bits per heavy atom. The molecule has 1 aromatic rings. The number of thioether (sulfide) groups is 1. The molecular weight excluding hydrogens is 481 g/mol. The fourth-order valence-corrected chi connectivity index (χ4v) is 7.46. The third-order valence-corrected chi connectivity index (χ3v) is 9.55. The van der Waals surface area contributed by atoms with Gasteiger partial charge in [0.1, 0.15) is 16.9 Å². The predicted molar refractivity (Wildman–Crippen MR) is 115 cm³/mol. The molecule has 0 amide bonds. The number of hydrogen-bond acceptors (Lipinski definition) is 6. The van der Waals surface area contributed by atoms with Crippen LogP contribution in [0.15, 0.2) is 34.0 Å². The van der Waals surface area contributed by atoms with Gasteiger partial charge in [-0.3, -0.25) is 0 Å². The fourth-order valence-electron chi connectivity index (χ4n) is 5.42. The molecule has 5 aliphatic rings. The normalized spacial score (nSPS) is 32.0. The van der Waals surface area contributed by atoms with Crippen LogP contribution in [-0.4, -0.2) is 49.8 Å². The Balaban J connectivity index is 1.57. The molecule has 1 aliphatic heterocycles. The van der Waals surface area contributed by atoms with Gasteiger partial charge in [0.05, 0.1) is 10.6 Å². The highest BCUT2D eigenvalue weighted by Crippen LogP contribution is 2.62. The van der Waals surface area contributed by atoms with Crippen molar-refractivity contribution in [1.29, 1.82) is 0 Å². The zero-order valence-electron chi connectivity index (χ0n) is 17.7. The summed E-state index contributed by atoms with van der Waals surface area (Å²) in [6, 6.07) is 2.24. The van der Waals surface area contributed by atoms with Gasteiger partial charge in [-0.05, 0) is 43.4 Å². The van der Waals surface area contributed by atoms with Crippen molar-refractivity contribution in [3.63, 3.8) is 0 Å². The molecule has 1 atom stereocenters. The van der Waals surface area contributed by atoms with Crippen LogP contribution in [0.4, 0.5) is 18.9 Å². The number of ether oxygens (including phenoxy) is 1. The van der Waals surface area contributed by atoms with Crippen molar-refractivity contribution in [2.45, 2.75) is 59.4 Å². The molecule has 180 valence electrons. The van der Waals surface area contributed by atoms with Gasteiger partial charge in [0, 0.05) is 37.0 Å². The Morgan fingerprint density at radius 1 is 1.27 bits per heavy atom. The highest BCUT2D eigenvalue weighted by Gasteiger charge is 2.62. The Labute approximate surface area is 193 Å². The van der Waals surface area contributed by atoms with Crippen LogP contribution in [0.1, 0.15) is 32.1 Å². The number of anilines is 1. The largest absolute Gasteiger partial charge is 0.476 e. The Bertz CT molecular complexity index is 1130. The molecule has 6 rings (SSSR count). The van der Waals surface area contributed by atoms with Gasteiger partial charge < -0.3 is 14.7 Å². The molecule has 2 N–H and O–H groups in total. The lowest BCUT2D eigenvalue weighted by atomic mass is 9.49. The van der Waals surface area contributed by atoms with E-state index in [9.17, 15) is 26.4 Å². The van der Waals surface area contributed by atoms with Crippen molar-refractivity contribution in [3.8, 4) is 5.75 Å². The minimum Gasteiger partial charge on any atom is -0.476 e. The number of benzene rings is 1. The number of carbonyl (C=O) groups is 1. The van der Waals surface area contributed by atoms with Crippen molar-refractivity contribution in [2.75, 3.05) is 17.7 Å². The molecule has 7 nitrogen and oxygen atoms in total. The molecule has 4 fully saturated rings. The van der Waals surface area contributed by atoms with Crippen LogP contribution in [0.5, 0.6) is 5.75 Å². The SMILES string of the molecule is CSc1cc2c(cc1O/C=C(\F)C(=O)O)S(=O)(=O)N[C@@H](C1CC(F)(F)C1)CN2C12CC(C1)C2. The van der Waals surface area contributed by atoms with Crippen LogP contribution in [0.3, 0.4) is 0 Å². The van der Waals surface area contributed by atoms with Gasteiger partial charge in [-0.15, -0.1) is 11.8 Å². The number of rotatable bonds is 6. The molecule has 2 bridgehead atoms. The second-order valence-electron chi connectivity index (χ2n) is 9.42. The number of carboxylic acids is 1. The lowest BCUT2D eigenvalue weighted by Gasteiger charge is -2.67. The number of nitrogens with one attached hydrogen (secondary N) is 1. The van der Waals surface area contributed by atoms with Crippen molar-refractivity contribution < 1.29 is 36.2 Å². The van der Waals surface area contributed by atoms with E-state index >= 15 is 0 Å². The van der Waals surface area contributed by atoms with Gasteiger partial charge in [-0.25, -0.2) is 26.7 Å². The molecule has 33 heavy (non-hydrogen) atoms. The molecule has 4 saturated carbocycles. The average Bonchev–Trinajstić information content (AvgIpc) is 2.75. The third-order valence-electron chi connectivity index (χ3n) is 7.27. The molecule has 1 heterocycles. The summed E-state index contributed by atoms with van der Waals surface area (Å²) < 4.78 is 75.1. The summed E-state index contributed by atoms with van der Waals surface area (Å²) in [7, 11) is -4.11. The maximum Gasteiger partial charge on any atom is 0.368 e. The molecule has 0 spiro atoms. The van der Waals surface area contributed by atoms with Crippen molar-refractivity contribution in [3.05, 3.63) is 24.2 Å². The number of halogens is 3. The fraction of sp³-hybridized carbons (Fsp3) is 0.571. The Kier molecular flexibility index (Phi) is 5.22. The highest BCUT2D eigenvalue weighted by atomic mass is 32.2. The van der Waals surface area contributed by atoms with Crippen LogP contribution >= 0.6 is 11.8 Å². The molecule has 4 aliphatic carbocycles. The lowest BCUT2D eigenvalue weighted by Crippen LogP contribution is -2.70. The van der Waals surface area contributed by atoms with Gasteiger partial charge in [-0.1, -0.05) is 0 Å². The van der Waals surface area contributed by atoms with Gasteiger partial charge >= 0.3 is 5.97 Å². The summed E-state index contributed by atoms with van der Waals surface area (Å²) in [6.45, 7) is 0.293. The van der Waals surface area contributed by atoms with E-state index in [1.807, 2.05) is 0 Å². The molecule has 0 aromatic heterocycles. The van der Waals surface area contributed by atoms with Crippen molar-refractivity contribution in [2.24, 2.45) is 11.8 Å². The van der Waals surface area contributed by atoms with E-state index in [1.54, 1.807) is 12.3 Å². The number of carboxylic acid groups (broad SMARTS) is 1. The van der Waals surface area contributed by atoms with E-state index in [-0.39, 0.29) is 29.0 Å². The van der Waals surface area contributed by atoms with Crippen LogP contribution < -0.4 is 14.4 Å². The van der Waals surface area contributed by atoms with Crippen LogP contribution in [0, 0.1) is 11.8 Å². The number of nitrogens with zero attached hydrogens (tertiary/aromatic N) is 1. The number of hydrogen-bond donors (Lipinski definition) is 2. The maximum absolute atomic E-state index is 13.6. The van der Waals surface area contributed by atoms with Gasteiger partial charge in [0.2, 0.25) is 21.8 Å². The Morgan fingerprint density at radius 2 is 1.94 bits per heavy atom. The molecule has 0 unspecified atom stereocenters. The molecule has 12 heteroatoms. The summed E-state index contributed by atoms with van der Waals surface area (Å²) >= 11 is 1.24. The predicted octanol–water partition coefficient (Wildman–Crippen LogP) is 3.75. The minimum atomic E-state index is -4.11. The monoisotopic (exact) mass is 504 g/mol. The summed E-state index contributed by atoms with van der Waals surface area (Å²) in [5, 5.41) is 8.71. The first kappa shape index (κ1) is 22.9. The first-order valence-electron chi connectivity index (χ1n) is 10.6. The number of fused-ring (bicyclic) bond motifs is 1. The first-order chi connectivity index (χ1) is 15.4. The quantitative estimate of drug-likeness (QED) is 0.346. The van der Waals surface area contributed by atoms with E-state index in [2.05, 4.69) is 9.62 Å². The summed E-state index contributed by atoms with van der Waals surface area (Å²) in [5.74, 6) is -5.97. The molecule has 1 aromatic carbocycles. The Hall–Kier alpha value is -1.92. The average molecular weight is 505 g/mol. The second-order valence-corrected chi connectivity index (χ2v) is 12.0. The topological polar surface area (TPSA) is 95.9 Å². The summed E-state index contributed by atoms with van der Waals surface area (Å²) in [6.07, 6.45) is 4.23.